The van der Waals surface area contributed by atoms with Crippen LogP contribution in [0.4, 0.5) is 0 Å². The first-order valence-corrected chi connectivity index (χ1v) is 8.70. The number of methoxy groups -OCH3 is 3. The zero-order valence-electron chi connectivity index (χ0n) is 14.5. The highest BCUT2D eigenvalue weighted by Gasteiger charge is 2.12. The Morgan fingerprint density at radius 2 is 1.44 bits per heavy atom. The first-order valence-electron chi connectivity index (χ1n) is 7.88. The van der Waals surface area contributed by atoms with E-state index in [1.165, 1.54) is 15.3 Å². The minimum Gasteiger partial charge on any atom is -0.493 e. The minimum atomic E-state index is 0.602. The van der Waals surface area contributed by atoms with Crippen LogP contribution in [0.15, 0.2) is 54.6 Å². The smallest absolute Gasteiger partial charge is 0.203 e. The van der Waals surface area contributed by atoms with Gasteiger partial charge in [-0.3, -0.25) is 0 Å². The van der Waals surface area contributed by atoms with Crippen LogP contribution in [0.5, 0.6) is 17.2 Å². The lowest BCUT2D eigenvalue weighted by Crippen LogP contribution is -1.95. The summed E-state index contributed by atoms with van der Waals surface area (Å²) in [6.45, 7) is 0. The van der Waals surface area contributed by atoms with Gasteiger partial charge in [-0.25, -0.2) is 0 Å². The van der Waals surface area contributed by atoms with Gasteiger partial charge >= 0.3 is 0 Å². The van der Waals surface area contributed by atoms with E-state index in [0.717, 1.165) is 5.56 Å². The zero-order valence-corrected chi connectivity index (χ0v) is 15.3. The van der Waals surface area contributed by atoms with Crippen LogP contribution in [0.1, 0.15) is 10.4 Å². The molecule has 1 heterocycles. The van der Waals surface area contributed by atoms with Crippen LogP contribution in [-0.4, -0.2) is 21.3 Å². The molecule has 3 rings (SSSR count). The van der Waals surface area contributed by atoms with Gasteiger partial charge < -0.3 is 14.2 Å². The average Bonchev–Trinajstić information content (AvgIpc) is 3.15. The molecule has 0 N–H and O–H groups in total. The van der Waals surface area contributed by atoms with Crippen molar-refractivity contribution in [2.45, 2.75) is 0 Å². The third kappa shape index (κ3) is 3.86. The number of rotatable bonds is 6. The molecular formula is C21H20O3S. The number of ether oxygens (including phenoxy) is 3. The van der Waals surface area contributed by atoms with Crippen molar-refractivity contribution in [3.8, 4) is 27.7 Å². The Labute approximate surface area is 152 Å². The summed E-state index contributed by atoms with van der Waals surface area (Å²) in [4.78, 5) is 2.44. The number of benzene rings is 2. The molecule has 0 saturated heterocycles. The van der Waals surface area contributed by atoms with Gasteiger partial charge in [-0.1, -0.05) is 36.4 Å². The summed E-state index contributed by atoms with van der Waals surface area (Å²) in [7, 11) is 4.85. The molecule has 3 aromatic rings. The van der Waals surface area contributed by atoms with Crippen LogP contribution in [0, 0.1) is 0 Å². The molecule has 0 bridgehead atoms. The Morgan fingerprint density at radius 3 is 2.04 bits per heavy atom. The molecule has 0 spiro atoms. The maximum absolute atomic E-state index is 5.40. The van der Waals surface area contributed by atoms with Crippen molar-refractivity contribution in [3.05, 3.63) is 65.0 Å². The van der Waals surface area contributed by atoms with E-state index in [2.05, 4.69) is 42.5 Å². The average molecular weight is 352 g/mol. The summed E-state index contributed by atoms with van der Waals surface area (Å²) in [5.41, 5.74) is 2.23. The molecule has 0 aliphatic rings. The van der Waals surface area contributed by atoms with E-state index >= 15 is 0 Å². The first kappa shape index (κ1) is 17.1. The monoisotopic (exact) mass is 352 g/mol. The van der Waals surface area contributed by atoms with Gasteiger partial charge in [-0.2, -0.15) is 0 Å². The van der Waals surface area contributed by atoms with Gasteiger partial charge in [0.05, 0.1) is 21.3 Å². The van der Waals surface area contributed by atoms with Crippen molar-refractivity contribution in [2.24, 2.45) is 0 Å². The van der Waals surface area contributed by atoms with Gasteiger partial charge in [-0.05, 0) is 41.5 Å². The molecule has 2 aromatic carbocycles. The fourth-order valence-electron chi connectivity index (χ4n) is 2.58. The molecule has 0 aliphatic carbocycles. The fourth-order valence-corrected chi connectivity index (χ4v) is 3.49. The maximum Gasteiger partial charge on any atom is 0.203 e. The number of hydrogen-bond acceptors (Lipinski definition) is 4. The van der Waals surface area contributed by atoms with Crippen LogP contribution < -0.4 is 14.2 Å². The second kappa shape index (κ2) is 7.90. The highest BCUT2D eigenvalue weighted by molar-refractivity contribution is 7.16. The number of hydrogen-bond donors (Lipinski definition) is 0. The van der Waals surface area contributed by atoms with Crippen LogP contribution in [-0.2, 0) is 0 Å². The second-order valence-electron chi connectivity index (χ2n) is 5.36. The van der Waals surface area contributed by atoms with Crippen molar-refractivity contribution in [3.63, 3.8) is 0 Å². The summed E-state index contributed by atoms with van der Waals surface area (Å²) in [5.74, 6) is 1.90. The predicted molar refractivity (Wildman–Crippen MR) is 105 cm³/mol. The normalized spacial score (nSPS) is 10.8. The van der Waals surface area contributed by atoms with Gasteiger partial charge in [0.2, 0.25) is 5.75 Å². The van der Waals surface area contributed by atoms with Crippen molar-refractivity contribution in [2.75, 3.05) is 21.3 Å². The quantitative estimate of drug-likeness (QED) is 0.577. The summed E-state index contributed by atoms with van der Waals surface area (Å²) in [6, 6.07) is 18.5. The lowest BCUT2D eigenvalue weighted by Gasteiger charge is -2.12. The summed E-state index contributed by atoms with van der Waals surface area (Å²) in [5, 5.41) is 0. The van der Waals surface area contributed by atoms with Gasteiger partial charge in [0.15, 0.2) is 11.5 Å². The van der Waals surface area contributed by atoms with Crippen molar-refractivity contribution in [1.29, 1.82) is 0 Å². The lowest BCUT2D eigenvalue weighted by molar-refractivity contribution is 0.324. The molecule has 0 saturated carbocycles. The van der Waals surface area contributed by atoms with Gasteiger partial charge in [0.25, 0.3) is 0 Å². The van der Waals surface area contributed by atoms with E-state index in [1.54, 1.807) is 32.7 Å². The van der Waals surface area contributed by atoms with Gasteiger partial charge in [-0.15, -0.1) is 11.3 Å². The Kier molecular flexibility index (Phi) is 5.41. The van der Waals surface area contributed by atoms with Crippen LogP contribution in [0.25, 0.3) is 22.6 Å². The first-order chi connectivity index (χ1) is 12.2. The molecule has 3 nitrogen and oxygen atoms in total. The van der Waals surface area contributed by atoms with Crippen molar-refractivity contribution in [1.82, 2.24) is 0 Å². The van der Waals surface area contributed by atoms with Crippen LogP contribution >= 0.6 is 11.3 Å². The van der Waals surface area contributed by atoms with Crippen LogP contribution in [0.2, 0.25) is 0 Å². The molecule has 0 aliphatic heterocycles. The third-order valence-electron chi connectivity index (χ3n) is 3.81. The minimum absolute atomic E-state index is 0.602. The van der Waals surface area contributed by atoms with E-state index in [0.29, 0.717) is 17.2 Å². The summed E-state index contributed by atoms with van der Waals surface area (Å²) >= 11 is 1.76. The SMILES string of the molecule is COc1cc(/C=C/c2ccc(-c3ccccc3)s2)cc(OC)c1OC. The molecule has 0 fully saturated rings. The van der Waals surface area contributed by atoms with E-state index in [9.17, 15) is 0 Å². The second-order valence-corrected chi connectivity index (χ2v) is 6.48. The Hall–Kier alpha value is -2.72. The van der Waals surface area contributed by atoms with Crippen molar-refractivity contribution < 1.29 is 14.2 Å². The Bertz CT molecular complexity index is 841. The molecule has 128 valence electrons. The standard InChI is InChI=1S/C21H20O3S/c1-22-18-13-15(14-19(23-2)21(18)24-3)9-10-17-11-12-20(25-17)16-7-5-4-6-8-16/h4-14H,1-3H3/b10-9+. The largest absolute Gasteiger partial charge is 0.493 e. The molecule has 1 aromatic heterocycles. The Morgan fingerprint density at radius 1 is 0.760 bits per heavy atom. The third-order valence-corrected chi connectivity index (χ3v) is 4.91. The molecule has 25 heavy (non-hydrogen) atoms. The Balaban J connectivity index is 1.86. The lowest BCUT2D eigenvalue weighted by atomic mass is 10.1. The van der Waals surface area contributed by atoms with Crippen molar-refractivity contribution >= 4 is 23.5 Å². The topological polar surface area (TPSA) is 27.7 Å². The number of thiophene rings is 1. The highest BCUT2D eigenvalue weighted by Crippen LogP contribution is 2.38. The van der Waals surface area contributed by atoms with Crippen LogP contribution in [0.3, 0.4) is 0 Å². The van der Waals surface area contributed by atoms with E-state index in [-0.39, 0.29) is 0 Å². The molecule has 0 amide bonds. The maximum atomic E-state index is 5.40. The highest BCUT2D eigenvalue weighted by atomic mass is 32.1. The molecular weight excluding hydrogens is 332 g/mol. The molecule has 4 heteroatoms. The fraction of sp³-hybridized carbons (Fsp3) is 0.143. The molecule has 0 atom stereocenters. The van der Waals surface area contributed by atoms with Gasteiger partial charge in [0, 0.05) is 9.75 Å². The van der Waals surface area contributed by atoms with Gasteiger partial charge in [0.1, 0.15) is 0 Å². The summed E-state index contributed by atoms with van der Waals surface area (Å²) in [6.07, 6.45) is 4.14. The van der Waals surface area contributed by atoms with E-state index in [4.69, 9.17) is 14.2 Å². The predicted octanol–water partition coefficient (Wildman–Crippen LogP) is 5.61. The van der Waals surface area contributed by atoms with E-state index < -0.39 is 0 Å². The molecule has 0 radical (unpaired) electrons. The van der Waals surface area contributed by atoms with E-state index in [1.807, 2.05) is 24.3 Å². The summed E-state index contributed by atoms with van der Waals surface area (Å²) < 4.78 is 16.2. The molecule has 0 unspecified atom stereocenters. The zero-order chi connectivity index (χ0) is 17.6.